The predicted molar refractivity (Wildman–Crippen MR) is 63.3 cm³/mol. The third kappa shape index (κ3) is 3.17. The highest BCUT2D eigenvalue weighted by Gasteiger charge is 2.30. The molecule has 16 heavy (non-hydrogen) atoms. The van der Waals surface area contributed by atoms with E-state index in [2.05, 4.69) is 18.7 Å². The number of halogens is 1. The summed E-state index contributed by atoms with van der Waals surface area (Å²) in [6.45, 7) is 8.12. The number of rotatable bonds is 2. The second-order valence-electron chi connectivity index (χ2n) is 5.67. The van der Waals surface area contributed by atoms with Gasteiger partial charge in [-0.15, -0.1) is 0 Å². The first-order valence-electron chi connectivity index (χ1n) is 6.63. The molecule has 0 bridgehead atoms. The molecule has 94 valence electrons. The summed E-state index contributed by atoms with van der Waals surface area (Å²) in [5, 5.41) is 0. The van der Waals surface area contributed by atoms with E-state index in [1.54, 1.807) is 0 Å². The van der Waals surface area contributed by atoms with Gasteiger partial charge in [0.1, 0.15) is 6.17 Å². The zero-order valence-corrected chi connectivity index (χ0v) is 10.5. The molecule has 3 atom stereocenters. The number of likely N-dealkylation sites (tertiary alicyclic amines) is 1. The van der Waals surface area contributed by atoms with Crippen LogP contribution in [0, 0.1) is 11.8 Å². The van der Waals surface area contributed by atoms with Gasteiger partial charge < -0.3 is 9.64 Å². The van der Waals surface area contributed by atoms with Gasteiger partial charge in [0.05, 0.1) is 12.7 Å². The average Bonchev–Trinajstić information content (AvgIpc) is 2.25. The molecule has 0 aromatic rings. The maximum Gasteiger partial charge on any atom is 0.124 e. The van der Waals surface area contributed by atoms with Crippen molar-refractivity contribution in [1.29, 1.82) is 0 Å². The monoisotopic (exact) mass is 229 g/mol. The smallest absolute Gasteiger partial charge is 0.124 e. The minimum Gasteiger partial charge on any atom is -0.374 e. The Morgan fingerprint density at radius 1 is 1.25 bits per heavy atom. The molecule has 2 heterocycles. The van der Waals surface area contributed by atoms with Crippen molar-refractivity contribution in [3.8, 4) is 0 Å². The van der Waals surface area contributed by atoms with E-state index < -0.39 is 6.17 Å². The Hall–Kier alpha value is -0.150. The molecule has 0 unspecified atom stereocenters. The minimum atomic E-state index is -0.743. The van der Waals surface area contributed by atoms with E-state index in [1.807, 2.05) is 0 Å². The van der Waals surface area contributed by atoms with Crippen molar-refractivity contribution < 1.29 is 9.13 Å². The molecule has 0 spiro atoms. The van der Waals surface area contributed by atoms with Gasteiger partial charge in [-0.2, -0.15) is 0 Å². The summed E-state index contributed by atoms with van der Waals surface area (Å²) < 4.78 is 18.7. The summed E-state index contributed by atoms with van der Waals surface area (Å²) in [6, 6.07) is 0. The average molecular weight is 229 g/mol. The summed E-state index contributed by atoms with van der Waals surface area (Å²) in [5.74, 6) is 1.24. The molecule has 0 amide bonds. The Labute approximate surface area is 98.1 Å². The van der Waals surface area contributed by atoms with Crippen LogP contribution in [-0.2, 0) is 4.74 Å². The molecule has 2 aliphatic rings. The van der Waals surface area contributed by atoms with Crippen LogP contribution in [0.15, 0.2) is 0 Å². The zero-order valence-electron chi connectivity index (χ0n) is 10.5. The molecule has 0 radical (unpaired) electrons. The van der Waals surface area contributed by atoms with Crippen molar-refractivity contribution in [1.82, 2.24) is 4.90 Å². The van der Waals surface area contributed by atoms with E-state index in [0.717, 1.165) is 12.5 Å². The van der Waals surface area contributed by atoms with E-state index >= 15 is 0 Å². The van der Waals surface area contributed by atoms with E-state index in [9.17, 15) is 4.39 Å². The molecule has 2 saturated heterocycles. The minimum absolute atomic E-state index is 0.250. The van der Waals surface area contributed by atoms with Crippen molar-refractivity contribution in [2.45, 2.75) is 45.4 Å². The lowest BCUT2D eigenvalue weighted by atomic mass is 9.93. The number of hydrogen-bond donors (Lipinski definition) is 0. The number of alkyl halides is 1. The fraction of sp³-hybridized carbons (Fsp3) is 1.00. The standard InChI is InChI=1S/C13H24FNO/c1-10-3-5-15(6-4-10)8-13-11(2)7-12(14)9-16-13/h10-13H,3-9H2,1-2H3/t11-,12-,13-/m0/s1. The van der Waals surface area contributed by atoms with Crippen molar-refractivity contribution in [3.63, 3.8) is 0 Å². The second kappa shape index (κ2) is 5.46. The Balaban J connectivity index is 1.76. The molecule has 0 aromatic carbocycles. The molecule has 2 rings (SSSR count). The maximum atomic E-state index is 13.1. The van der Waals surface area contributed by atoms with Gasteiger partial charge in [-0.1, -0.05) is 13.8 Å². The van der Waals surface area contributed by atoms with Crippen LogP contribution in [-0.4, -0.2) is 43.4 Å². The van der Waals surface area contributed by atoms with Crippen LogP contribution in [0.4, 0.5) is 4.39 Å². The normalized spacial score (nSPS) is 38.8. The number of piperidine rings is 1. The molecule has 0 saturated carbocycles. The number of ether oxygens (including phenoxy) is 1. The van der Waals surface area contributed by atoms with Crippen LogP contribution in [0.1, 0.15) is 33.1 Å². The van der Waals surface area contributed by atoms with Crippen LogP contribution < -0.4 is 0 Å². The first-order valence-corrected chi connectivity index (χ1v) is 6.63. The summed E-state index contributed by atoms with van der Waals surface area (Å²) in [7, 11) is 0. The third-order valence-corrected chi connectivity index (χ3v) is 4.07. The summed E-state index contributed by atoms with van der Waals surface area (Å²) in [6.07, 6.45) is 2.78. The van der Waals surface area contributed by atoms with Gasteiger partial charge in [0.15, 0.2) is 0 Å². The first-order chi connectivity index (χ1) is 7.65. The summed E-state index contributed by atoms with van der Waals surface area (Å²) in [4.78, 5) is 2.49. The highest BCUT2D eigenvalue weighted by molar-refractivity contribution is 4.80. The molecule has 2 aliphatic heterocycles. The maximum absolute atomic E-state index is 13.1. The first kappa shape index (κ1) is 12.3. The molecule has 3 heteroatoms. The van der Waals surface area contributed by atoms with Crippen molar-refractivity contribution in [2.24, 2.45) is 11.8 Å². The quantitative estimate of drug-likeness (QED) is 0.721. The lowest BCUT2D eigenvalue weighted by Crippen LogP contribution is -2.45. The van der Waals surface area contributed by atoms with Crippen LogP contribution in [0.5, 0.6) is 0 Å². The lowest BCUT2D eigenvalue weighted by Gasteiger charge is -2.37. The van der Waals surface area contributed by atoms with Crippen LogP contribution in [0.2, 0.25) is 0 Å². The van der Waals surface area contributed by atoms with E-state index in [-0.39, 0.29) is 6.10 Å². The fourth-order valence-corrected chi connectivity index (χ4v) is 2.75. The third-order valence-electron chi connectivity index (χ3n) is 4.07. The van der Waals surface area contributed by atoms with Crippen molar-refractivity contribution in [3.05, 3.63) is 0 Å². The number of nitrogens with zero attached hydrogens (tertiary/aromatic N) is 1. The molecular weight excluding hydrogens is 205 g/mol. The molecule has 0 N–H and O–H groups in total. The van der Waals surface area contributed by atoms with Gasteiger partial charge in [-0.3, -0.25) is 0 Å². The number of hydrogen-bond acceptors (Lipinski definition) is 2. The highest BCUT2D eigenvalue weighted by Crippen LogP contribution is 2.25. The van der Waals surface area contributed by atoms with Crippen LogP contribution in [0.3, 0.4) is 0 Å². The van der Waals surface area contributed by atoms with E-state index in [4.69, 9.17) is 4.74 Å². The molecule has 0 aromatic heterocycles. The predicted octanol–water partition coefficient (Wildman–Crippen LogP) is 2.48. The molecule has 2 nitrogen and oxygen atoms in total. The van der Waals surface area contributed by atoms with Gasteiger partial charge in [0.2, 0.25) is 0 Å². The molecule has 0 aliphatic carbocycles. The van der Waals surface area contributed by atoms with Gasteiger partial charge in [0.25, 0.3) is 0 Å². The highest BCUT2D eigenvalue weighted by atomic mass is 19.1. The lowest BCUT2D eigenvalue weighted by molar-refractivity contribution is -0.0746. The topological polar surface area (TPSA) is 12.5 Å². The second-order valence-corrected chi connectivity index (χ2v) is 5.67. The molecule has 2 fully saturated rings. The van der Waals surface area contributed by atoms with Gasteiger partial charge >= 0.3 is 0 Å². The summed E-state index contributed by atoms with van der Waals surface area (Å²) in [5.41, 5.74) is 0. The fourth-order valence-electron chi connectivity index (χ4n) is 2.75. The van der Waals surface area contributed by atoms with E-state index in [1.165, 1.54) is 25.9 Å². The Morgan fingerprint density at radius 3 is 2.56 bits per heavy atom. The Morgan fingerprint density at radius 2 is 1.94 bits per heavy atom. The van der Waals surface area contributed by atoms with Gasteiger partial charge in [-0.05, 0) is 44.2 Å². The van der Waals surface area contributed by atoms with Crippen molar-refractivity contribution in [2.75, 3.05) is 26.2 Å². The Bertz CT molecular complexity index is 216. The Kier molecular flexibility index (Phi) is 4.20. The zero-order chi connectivity index (χ0) is 11.5. The van der Waals surface area contributed by atoms with Gasteiger partial charge in [-0.25, -0.2) is 4.39 Å². The van der Waals surface area contributed by atoms with Crippen LogP contribution >= 0.6 is 0 Å². The van der Waals surface area contributed by atoms with Crippen molar-refractivity contribution >= 4 is 0 Å². The van der Waals surface area contributed by atoms with E-state index in [0.29, 0.717) is 18.9 Å². The van der Waals surface area contributed by atoms with Gasteiger partial charge in [0, 0.05) is 6.54 Å². The SMILES string of the molecule is CC1CCN(C[C@@H]2OC[C@@H](F)C[C@@H]2C)CC1. The largest absolute Gasteiger partial charge is 0.374 e. The summed E-state index contributed by atoms with van der Waals surface area (Å²) >= 11 is 0. The van der Waals surface area contributed by atoms with Crippen LogP contribution in [0.25, 0.3) is 0 Å². The molecular formula is C13H24FNO.